The summed E-state index contributed by atoms with van der Waals surface area (Å²) in [5.41, 5.74) is 1.59. The maximum absolute atomic E-state index is 12.3. The number of methoxy groups -OCH3 is 2. The van der Waals surface area contributed by atoms with Crippen LogP contribution in [0.4, 0.5) is 5.69 Å². The number of hydrogen-bond donors (Lipinski definition) is 0. The Hall–Kier alpha value is -3.27. The second-order valence-electron chi connectivity index (χ2n) is 5.37. The van der Waals surface area contributed by atoms with Crippen molar-refractivity contribution in [2.45, 2.75) is 0 Å². The maximum atomic E-state index is 12.3. The molecule has 0 saturated carbocycles. The minimum atomic E-state index is -0.645. The van der Waals surface area contributed by atoms with Crippen LogP contribution < -0.4 is 4.90 Å². The summed E-state index contributed by atoms with van der Waals surface area (Å²) in [7, 11) is 4.17. The SMILES string of the molecule is COC(=O)C1=C(C(=O)OC)N(c2ccc(-c3nnn(C)n3)cc2)COC1. The predicted octanol–water partition coefficient (Wildman–Crippen LogP) is 0.271. The van der Waals surface area contributed by atoms with Crippen molar-refractivity contribution in [2.24, 2.45) is 7.05 Å². The molecule has 2 heterocycles. The third-order valence-electron chi connectivity index (χ3n) is 3.78. The lowest BCUT2D eigenvalue weighted by atomic mass is 10.1. The van der Waals surface area contributed by atoms with Gasteiger partial charge in [-0.2, -0.15) is 4.80 Å². The Morgan fingerprint density at radius 2 is 1.81 bits per heavy atom. The molecule has 0 bridgehead atoms. The minimum absolute atomic E-state index is 0.0325. The van der Waals surface area contributed by atoms with E-state index >= 15 is 0 Å². The second kappa shape index (κ2) is 7.31. The summed E-state index contributed by atoms with van der Waals surface area (Å²) in [6.07, 6.45) is 0. The van der Waals surface area contributed by atoms with Gasteiger partial charge in [0, 0.05) is 11.3 Å². The number of ether oxygens (including phenoxy) is 3. The van der Waals surface area contributed by atoms with Gasteiger partial charge in [-0.25, -0.2) is 9.59 Å². The van der Waals surface area contributed by atoms with Crippen LogP contribution in [0.2, 0.25) is 0 Å². The van der Waals surface area contributed by atoms with Gasteiger partial charge in [0.05, 0.1) is 33.4 Å². The Kier molecular flexibility index (Phi) is 4.94. The second-order valence-corrected chi connectivity index (χ2v) is 5.37. The molecule has 0 amide bonds. The third kappa shape index (κ3) is 3.26. The van der Waals surface area contributed by atoms with Gasteiger partial charge in [-0.3, -0.25) is 0 Å². The Morgan fingerprint density at radius 3 is 2.38 bits per heavy atom. The van der Waals surface area contributed by atoms with Crippen LogP contribution in [0.3, 0.4) is 0 Å². The Morgan fingerprint density at radius 1 is 1.12 bits per heavy atom. The van der Waals surface area contributed by atoms with E-state index in [-0.39, 0.29) is 24.6 Å². The third-order valence-corrected chi connectivity index (χ3v) is 3.78. The monoisotopic (exact) mass is 359 g/mol. The van der Waals surface area contributed by atoms with Crippen LogP contribution in [0.5, 0.6) is 0 Å². The Balaban J connectivity index is 1.98. The summed E-state index contributed by atoms with van der Waals surface area (Å²) in [6.45, 7) is 0.0584. The summed E-state index contributed by atoms with van der Waals surface area (Å²) in [4.78, 5) is 27.2. The molecular formula is C16H17N5O5. The molecule has 3 rings (SSSR count). The van der Waals surface area contributed by atoms with Gasteiger partial charge >= 0.3 is 11.9 Å². The van der Waals surface area contributed by atoms with Crippen LogP contribution in [0.15, 0.2) is 35.5 Å². The number of aromatic nitrogens is 4. The van der Waals surface area contributed by atoms with Gasteiger partial charge in [-0.15, -0.1) is 10.2 Å². The first-order valence-corrected chi connectivity index (χ1v) is 7.64. The highest BCUT2D eigenvalue weighted by molar-refractivity contribution is 6.03. The van der Waals surface area contributed by atoms with Gasteiger partial charge in [0.15, 0.2) is 0 Å². The summed E-state index contributed by atoms with van der Waals surface area (Å²) >= 11 is 0. The molecule has 10 heteroatoms. The van der Waals surface area contributed by atoms with E-state index in [1.807, 2.05) is 0 Å². The van der Waals surface area contributed by atoms with Gasteiger partial charge in [-0.1, -0.05) is 0 Å². The van der Waals surface area contributed by atoms with E-state index in [2.05, 4.69) is 15.4 Å². The molecule has 2 aromatic rings. The van der Waals surface area contributed by atoms with Crippen molar-refractivity contribution in [1.82, 2.24) is 20.2 Å². The van der Waals surface area contributed by atoms with Crippen molar-refractivity contribution < 1.29 is 23.8 Å². The lowest BCUT2D eigenvalue weighted by molar-refractivity contribution is -0.140. The average molecular weight is 359 g/mol. The van der Waals surface area contributed by atoms with Crippen molar-refractivity contribution >= 4 is 17.6 Å². The van der Waals surface area contributed by atoms with E-state index in [9.17, 15) is 9.59 Å². The minimum Gasteiger partial charge on any atom is -0.466 e. The number of carbonyl (C=O) groups excluding carboxylic acids is 2. The summed E-state index contributed by atoms with van der Waals surface area (Å²) < 4.78 is 15.0. The maximum Gasteiger partial charge on any atom is 0.355 e. The number of tetrazole rings is 1. The highest BCUT2D eigenvalue weighted by Gasteiger charge is 2.32. The number of anilines is 1. The van der Waals surface area contributed by atoms with Crippen LogP contribution in [-0.4, -0.2) is 59.7 Å². The summed E-state index contributed by atoms with van der Waals surface area (Å²) in [5, 5.41) is 11.9. The molecule has 0 N–H and O–H groups in total. The number of hydrogen-bond acceptors (Lipinski definition) is 9. The van der Waals surface area contributed by atoms with Crippen LogP contribution in [-0.2, 0) is 30.8 Å². The molecule has 0 unspecified atom stereocenters. The van der Waals surface area contributed by atoms with Gasteiger partial charge < -0.3 is 19.1 Å². The average Bonchev–Trinajstić information content (AvgIpc) is 3.12. The van der Waals surface area contributed by atoms with Crippen LogP contribution in [0, 0.1) is 0 Å². The fraction of sp³-hybridized carbons (Fsp3) is 0.312. The van der Waals surface area contributed by atoms with E-state index < -0.39 is 11.9 Å². The van der Waals surface area contributed by atoms with E-state index in [0.717, 1.165) is 5.56 Å². The smallest absolute Gasteiger partial charge is 0.355 e. The van der Waals surface area contributed by atoms with E-state index in [1.165, 1.54) is 19.0 Å². The molecule has 0 saturated heterocycles. The molecule has 136 valence electrons. The van der Waals surface area contributed by atoms with Crippen molar-refractivity contribution in [3.63, 3.8) is 0 Å². The first-order valence-electron chi connectivity index (χ1n) is 7.64. The summed E-state index contributed by atoms with van der Waals surface area (Å²) in [5.74, 6) is -0.809. The van der Waals surface area contributed by atoms with Crippen LogP contribution in [0.1, 0.15) is 0 Å². The fourth-order valence-electron chi connectivity index (χ4n) is 2.54. The number of nitrogens with zero attached hydrogens (tertiary/aromatic N) is 5. The van der Waals surface area contributed by atoms with Crippen molar-refractivity contribution in [2.75, 3.05) is 32.5 Å². The normalized spacial score (nSPS) is 14.3. The molecule has 1 aromatic carbocycles. The molecule has 10 nitrogen and oxygen atoms in total. The number of rotatable bonds is 4. The number of esters is 2. The number of benzene rings is 1. The largest absolute Gasteiger partial charge is 0.466 e. The quantitative estimate of drug-likeness (QED) is 0.711. The molecule has 0 radical (unpaired) electrons. The first kappa shape index (κ1) is 17.5. The molecule has 26 heavy (non-hydrogen) atoms. The Bertz CT molecular complexity index is 858. The van der Waals surface area contributed by atoms with Gasteiger partial charge in [0.25, 0.3) is 0 Å². The molecule has 1 aromatic heterocycles. The number of carbonyl (C=O) groups is 2. The molecule has 0 aliphatic carbocycles. The summed E-state index contributed by atoms with van der Waals surface area (Å²) in [6, 6.07) is 7.09. The lowest BCUT2D eigenvalue weighted by Gasteiger charge is -2.31. The molecule has 0 atom stereocenters. The number of aryl methyl sites for hydroxylation is 1. The van der Waals surface area contributed by atoms with E-state index in [4.69, 9.17) is 14.2 Å². The molecule has 1 aliphatic heterocycles. The van der Waals surface area contributed by atoms with Gasteiger partial charge in [0.1, 0.15) is 12.4 Å². The zero-order chi connectivity index (χ0) is 18.7. The molecule has 0 spiro atoms. The molecule has 0 fully saturated rings. The van der Waals surface area contributed by atoms with Crippen LogP contribution >= 0.6 is 0 Å². The highest BCUT2D eigenvalue weighted by Crippen LogP contribution is 2.28. The standard InChI is InChI=1S/C16H17N5O5/c1-20-18-14(17-19-20)10-4-6-11(7-5-10)21-9-26-8-12(15(22)24-2)13(21)16(23)25-3/h4-7H,8-9H2,1-3H3. The Labute approximate surface area is 148 Å². The molecule has 1 aliphatic rings. The molecular weight excluding hydrogens is 342 g/mol. The van der Waals surface area contributed by atoms with Crippen LogP contribution in [0.25, 0.3) is 11.4 Å². The van der Waals surface area contributed by atoms with E-state index in [1.54, 1.807) is 36.2 Å². The van der Waals surface area contributed by atoms with E-state index in [0.29, 0.717) is 11.5 Å². The van der Waals surface area contributed by atoms with Crippen molar-refractivity contribution in [3.05, 3.63) is 35.5 Å². The lowest BCUT2D eigenvalue weighted by Crippen LogP contribution is -2.38. The zero-order valence-corrected chi connectivity index (χ0v) is 14.5. The van der Waals surface area contributed by atoms with Crippen molar-refractivity contribution in [1.29, 1.82) is 0 Å². The fourth-order valence-corrected chi connectivity index (χ4v) is 2.54. The predicted molar refractivity (Wildman–Crippen MR) is 88.6 cm³/mol. The van der Waals surface area contributed by atoms with Crippen molar-refractivity contribution in [3.8, 4) is 11.4 Å². The zero-order valence-electron chi connectivity index (χ0n) is 14.5. The highest BCUT2D eigenvalue weighted by atomic mass is 16.5. The first-order chi connectivity index (χ1) is 12.5. The van der Waals surface area contributed by atoms with Gasteiger partial charge in [-0.05, 0) is 29.5 Å². The topological polar surface area (TPSA) is 109 Å². The van der Waals surface area contributed by atoms with Gasteiger partial charge in [0.2, 0.25) is 5.82 Å².